The Balaban J connectivity index is 0.00000240. The molecule has 1 saturated heterocycles. The Bertz CT molecular complexity index is 695. The maximum Gasteiger partial charge on any atom is 0.224 e. The average molecular weight is 425 g/mol. The summed E-state index contributed by atoms with van der Waals surface area (Å²) in [7, 11) is 0. The van der Waals surface area contributed by atoms with Crippen LogP contribution in [-0.2, 0) is 22.7 Å². The number of amides is 2. The molecule has 1 saturated carbocycles. The van der Waals surface area contributed by atoms with Crippen LogP contribution in [0, 0.1) is 5.92 Å². The van der Waals surface area contributed by atoms with Crippen LogP contribution in [0.2, 0.25) is 0 Å². The highest BCUT2D eigenvalue weighted by atomic mass is 35.5. The number of hydrogen-bond acceptors (Lipinski definition) is 5. The van der Waals surface area contributed by atoms with Crippen LogP contribution in [0.4, 0.5) is 0 Å². The second-order valence-corrected chi connectivity index (χ2v) is 8.33. The Morgan fingerprint density at radius 3 is 2.55 bits per heavy atom. The minimum atomic E-state index is 0. The molecule has 4 rings (SSSR count). The molecule has 29 heavy (non-hydrogen) atoms. The lowest BCUT2D eigenvalue weighted by molar-refractivity contribution is -0.132. The molecule has 3 heterocycles. The summed E-state index contributed by atoms with van der Waals surface area (Å²) in [5.41, 5.74) is 0. The van der Waals surface area contributed by atoms with E-state index in [-0.39, 0.29) is 30.1 Å². The molecule has 1 aromatic rings. The summed E-state index contributed by atoms with van der Waals surface area (Å²) in [6.45, 7) is 4.66. The van der Waals surface area contributed by atoms with Crippen LogP contribution >= 0.6 is 12.4 Å². The lowest BCUT2D eigenvalue weighted by Crippen LogP contribution is -2.41. The van der Waals surface area contributed by atoms with Gasteiger partial charge in [-0.1, -0.05) is 19.3 Å². The maximum atomic E-state index is 12.5. The third kappa shape index (κ3) is 5.28. The number of aromatic nitrogens is 3. The van der Waals surface area contributed by atoms with Gasteiger partial charge in [-0.15, -0.1) is 22.6 Å². The summed E-state index contributed by atoms with van der Waals surface area (Å²) in [5, 5.41) is 15.0. The Kier molecular flexibility index (Phi) is 7.89. The van der Waals surface area contributed by atoms with Crippen LogP contribution in [0.25, 0.3) is 0 Å². The fourth-order valence-electron chi connectivity index (χ4n) is 4.76. The molecular weight excluding hydrogens is 392 g/mol. The van der Waals surface area contributed by atoms with Crippen LogP contribution in [0.15, 0.2) is 0 Å². The van der Waals surface area contributed by atoms with Crippen molar-refractivity contribution in [3.8, 4) is 0 Å². The summed E-state index contributed by atoms with van der Waals surface area (Å²) in [6.07, 6.45) is 7.81. The third-order valence-corrected chi connectivity index (χ3v) is 6.48. The number of halogens is 1. The summed E-state index contributed by atoms with van der Waals surface area (Å²) in [6, 6.07) is 0. The van der Waals surface area contributed by atoms with Gasteiger partial charge in [0.25, 0.3) is 0 Å². The molecule has 0 radical (unpaired) electrons. The normalized spacial score (nSPS) is 20.6. The van der Waals surface area contributed by atoms with Crippen molar-refractivity contribution < 1.29 is 9.59 Å². The van der Waals surface area contributed by atoms with Gasteiger partial charge in [0.15, 0.2) is 0 Å². The number of nitrogens with one attached hydrogen (secondary N) is 2. The highest BCUT2D eigenvalue weighted by molar-refractivity contribution is 5.85. The van der Waals surface area contributed by atoms with E-state index in [1.54, 1.807) is 0 Å². The van der Waals surface area contributed by atoms with Gasteiger partial charge < -0.3 is 20.1 Å². The topological polar surface area (TPSA) is 92.2 Å². The van der Waals surface area contributed by atoms with Gasteiger partial charge in [-0.05, 0) is 25.7 Å². The van der Waals surface area contributed by atoms with E-state index in [9.17, 15) is 9.59 Å². The number of likely N-dealkylation sites (tertiary alicyclic amines) is 1. The Morgan fingerprint density at radius 2 is 1.79 bits per heavy atom. The first-order chi connectivity index (χ1) is 13.7. The molecule has 0 spiro atoms. The van der Waals surface area contributed by atoms with Crippen molar-refractivity contribution in [1.82, 2.24) is 30.3 Å². The molecular formula is C20H33ClN6O2. The Hall–Kier alpha value is -1.67. The molecule has 0 atom stereocenters. The zero-order valence-corrected chi connectivity index (χ0v) is 17.9. The molecule has 1 aromatic heterocycles. The van der Waals surface area contributed by atoms with Crippen molar-refractivity contribution in [1.29, 1.82) is 0 Å². The summed E-state index contributed by atoms with van der Waals surface area (Å²) >= 11 is 0. The number of piperidine rings is 1. The Labute approximate surface area is 178 Å². The zero-order valence-electron chi connectivity index (χ0n) is 17.1. The zero-order chi connectivity index (χ0) is 19.3. The van der Waals surface area contributed by atoms with Crippen molar-refractivity contribution in [2.24, 2.45) is 5.92 Å². The van der Waals surface area contributed by atoms with E-state index in [2.05, 4.69) is 25.4 Å². The quantitative estimate of drug-likeness (QED) is 0.748. The van der Waals surface area contributed by atoms with Gasteiger partial charge in [0.1, 0.15) is 11.6 Å². The highest BCUT2D eigenvalue weighted by Crippen LogP contribution is 2.28. The fraction of sp³-hybridized carbons (Fsp3) is 0.800. The average Bonchev–Trinajstić information content (AvgIpc) is 3.18. The highest BCUT2D eigenvalue weighted by Gasteiger charge is 2.29. The predicted octanol–water partition coefficient (Wildman–Crippen LogP) is 1.60. The van der Waals surface area contributed by atoms with Gasteiger partial charge in [0.05, 0.1) is 6.54 Å². The standard InChI is InChI=1S/C20H32N6O2.ClH/c27-18(6-9-22-20(28)16-4-2-1-3-5-16)25-11-7-15(8-12-25)19-24-23-17-14-21-10-13-26(17)19;/h15-16,21H,1-14H2,(H,22,28);1H. The van der Waals surface area contributed by atoms with Crippen molar-refractivity contribution in [2.75, 3.05) is 26.2 Å². The number of rotatable bonds is 5. The van der Waals surface area contributed by atoms with E-state index >= 15 is 0 Å². The molecule has 0 bridgehead atoms. The summed E-state index contributed by atoms with van der Waals surface area (Å²) in [4.78, 5) is 26.6. The van der Waals surface area contributed by atoms with Crippen molar-refractivity contribution in [3.63, 3.8) is 0 Å². The van der Waals surface area contributed by atoms with Crippen LogP contribution in [0.5, 0.6) is 0 Å². The maximum absolute atomic E-state index is 12.5. The monoisotopic (exact) mass is 424 g/mol. The molecule has 0 unspecified atom stereocenters. The minimum Gasteiger partial charge on any atom is -0.355 e. The molecule has 2 fully saturated rings. The van der Waals surface area contributed by atoms with Crippen LogP contribution in [0.3, 0.4) is 0 Å². The second-order valence-electron chi connectivity index (χ2n) is 8.33. The van der Waals surface area contributed by atoms with E-state index < -0.39 is 0 Å². The third-order valence-electron chi connectivity index (χ3n) is 6.48. The number of nitrogens with zero attached hydrogens (tertiary/aromatic N) is 4. The number of carbonyl (C=O) groups excluding carboxylic acids is 2. The fourth-order valence-corrected chi connectivity index (χ4v) is 4.76. The van der Waals surface area contributed by atoms with Crippen molar-refractivity contribution in [2.45, 2.75) is 70.4 Å². The minimum absolute atomic E-state index is 0. The first-order valence-electron chi connectivity index (χ1n) is 10.9. The molecule has 3 aliphatic rings. The van der Waals surface area contributed by atoms with Crippen molar-refractivity contribution in [3.05, 3.63) is 11.6 Å². The van der Waals surface area contributed by atoms with Gasteiger partial charge >= 0.3 is 0 Å². The van der Waals surface area contributed by atoms with Crippen LogP contribution in [0.1, 0.15) is 68.9 Å². The number of fused-ring (bicyclic) bond motifs is 1. The van der Waals surface area contributed by atoms with E-state index in [0.717, 1.165) is 82.9 Å². The lowest BCUT2D eigenvalue weighted by atomic mass is 9.89. The first kappa shape index (κ1) is 22.0. The van der Waals surface area contributed by atoms with Crippen LogP contribution in [-0.4, -0.2) is 57.7 Å². The van der Waals surface area contributed by atoms with E-state index in [0.29, 0.717) is 18.9 Å². The van der Waals surface area contributed by atoms with E-state index in [1.807, 2.05) is 4.90 Å². The smallest absolute Gasteiger partial charge is 0.224 e. The van der Waals surface area contributed by atoms with Gasteiger partial charge in [0, 0.05) is 51.0 Å². The van der Waals surface area contributed by atoms with Crippen LogP contribution < -0.4 is 10.6 Å². The number of hydrogen-bond donors (Lipinski definition) is 2. The molecule has 2 aliphatic heterocycles. The van der Waals surface area contributed by atoms with E-state index in [1.165, 1.54) is 6.42 Å². The molecule has 2 amide bonds. The summed E-state index contributed by atoms with van der Waals surface area (Å²) < 4.78 is 2.25. The van der Waals surface area contributed by atoms with Gasteiger partial charge in [-0.2, -0.15) is 0 Å². The lowest BCUT2D eigenvalue weighted by Gasteiger charge is -2.32. The first-order valence-corrected chi connectivity index (χ1v) is 10.9. The van der Waals surface area contributed by atoms with Gasteiger partial charge in [0.2, 0.25) is 11.8 Å². The Morgan fingerprint density at radius 1 is 1.03 bits per heavy atom. The van der Waals surface area contributed by atoms with Gasteiger partial charge in [-0.3, -0.25) is 9.59 Å². The molecule has 0 aromatic carbocycles. The summed E-state index contributed by atoms with van der Waals surface area (Å²) in [5.74, 6) is 2.93. The van der Waals surface area contributed by atoms with Gasteiger partial charge in [-0.25, -0.2) is 0 Å². The SMILES string of the molecule is Cl.O=C(NCCC(=O)N1CCC(c2nnc3n2CCNC3)CC1)C1CCCCC1. The molecule has 2 N–H and O–H groups in total. The van der Waals surface area contributed by atoms with E-state index in [4.69, 9.17) is 0 Å². The molecule has 162 valence electrons. The molecule has 1 aliphatic carbocycles. The second kappa shape index (κ2) is 10.4. The largest absolute Gasteiger partial charge is 0.355 e. The predicted molar refractivity (Wildman–Crippen MR) is 112 cm³/mol. The molecule has 9 heteroatoms. The molecule has 8 nitrogen and oxygen atoms in total. The van der Waals surface area contributed by atoms with Crippen molar-refractivity contribution >= 4 is 24.2 Å². The number of carbonyl (C=O) groups is 2.